The molecule has 20 heavy (non-hydrogen) atoms. The molecule has 108 valence electrons. The van der Waals surface area contributed by atoms with Gasteiger partial charge in [-0.15, -0.1) is 0 Å². The van der Waals surface area contributed by atoms with Gasteiger partial charge in [-0.1, -0.05) is 24.8 Å². The number of hydrogen-bond donors (Lipinski definition) is 1. The normalized spacial score (nSPS) is 16.7. The first-order valence-corrected chi connectivity index (χ1v) is 7.71. The Labute approximate surface area is 118 Å². The number of urea groups is 1. The number of benzene rings is 1. The van der Waals surface area contributed by atoms with Gasteiger partial charge in [-0.05, 0) is 18.3 Å². The van der Waals surface area contributed by atoms with Crippen LogP contribution in [0.15, 0.2) is 48.0 Å². The lowest BCUT2D eigenvalue weighted by atomic mass is 10.4. The van der Waals surface area contributed by atoms with Crippen LogP contribution in [0.2, 0.25) is 0 Å². The van der Waals surface area contributed by atoms with Crippen LogP contribution in [0.4, 0.5) is 4.79 Å². The second kappa shape index (κ2) is 6.06. The minimum absolute atomic E-state index is 0.253. The van der Waals surface area contributed by atoms with E-state index < -0.39 is 10.0 Å². The SMILES string of the molecule is C=CNC(=O)N1CCN(S(=O)(=O)c2ccccc2)CC1. The Hall–Kier alpha value is -1.86. The third-order valence-corrected chi connectivity index (χ3v) is 5.05. The lowest BCUT2D eigenvalue weighted by molar-refractivity contribution is 0.175. The molecule has 0 aliphatic carbocycles. The van der Waals surface area contributed by atoms with Crippen molar-refractivity contribution < 1.29 is 13.2 Å². The van der Waals surface area contributed by atoms with Gasteiger partial charge < -0.3 is 10.2 Å². The molecule has 7 heteroatoms. The summed E-state index contributed by atoms with van der Waals surface area (Å²) in [7, 11) is -3.47. The number of amides is 2. The second-order valence-corrected chi connectivity index (χ2v) is 6.30. The van der Waals surface area contributed by atoms with E-state index in [0.29, 0.717) is 26.2 Å². The van der Waals surface area contributed by atoms with Gasteiger partial charge in [0.25, 0.3) is 0 Å². The van der Waals surface area contributed by atoms with Gasteiger partial charge in [-0.3, -0.25) is 0 Å². The van der Waals surface area contributed by atoms with E-state index in [2.05, 4.69) is 11.9 Å². The van der Waals surface area contributed by atoms with E-state index in [9.17, 15) is 13.2 Å². The number of piperazine rings is 1. The van der Waals surface area contributed by atoms with Gasteiger partial charge >= 0.3 is 6.03 Å². The summed E-state index contributed by atoms with van der Waals surface area (Å²) < 4.78 is 26.2. The van der Waals surface area contributed by atoms with Gasteiger partial charge in [0, 0.05) is 26.2 Å². The van der Waals surface area contributed by atoms with E-state index >= 15 is 0 Å². The molecule has 2 amide bonds. The van der Waals surface area contributed by atoms with Crippen molar-refractivity contribution in [2.45, 2.75) is 4.90 Å². The molecular formula is C13H17N3O3S. The summed E-state index contributed by atoms with van der Waals surface area (Å²) in [5.41, 5.74) is 0. The first kappa shape index (κ1) is 14.5. The van der Waals surface area contributed by atoms with Crippen molar-refractivity contribution in [3.63, 3.8) is 0 Å². The maximum atomic E-state index is 12.4. The average molecular weight is 295 g/mol. The van der Waals surface area contributed by atoms with E-state index in [1.54, 1.807) is 35.2 Å². The van der Waals surface area contributed by atoms with E-state index in [-0.39, 0.29) is 10.9 Å². The van der Waals surface area contributed by atoms with Crippen LogP contribution in [0.25, 0.3) is 0 Å². The number of sulfonamides is 1. The fourth-order valence-corrected chi connectivity index (χ4v) is 3.49. The largest absolute Gasteiger partial charge is 0.322 e. The topological polar surface area (TPSA) is 69.7 Å². The molecule has 1 heterocycles. The van der Waals surface area contributed by atoms with Crippen molar-refractivity contribution in [1.82, 2.24) is 14.5 Å². The highest BCUT2D eigenvalue weighted by atomic mass is 32.2. The molecule has 1 aromatic rings. The van der Waals surface area contributed by atoms with Crippen molar-refractivity contribution in [2.75, 3.05) is 26.2 Å². The number of carbonyl (C=O) groups excluding carboxylic acids is 1. The Morgan fingerprint density at radius 2 is 1.75 bits per heavy atom. The number of nitrogens with zero attached hydrogens (tertiary/aromatic N) is 2. The quantitative estimate of drug-likeness (QED) is 0.898. The summed E-state index contributed by atoms with van der Waals surface area (Å²) in [6.45, 7) is 4.74. The van der Waals surface area contributed by atoms with E-state index in [4.69, 9.17) is 0 Å². The molecule has 2 rings (SSSR count). The summed E-state index contributed by atoms with van der Waals surface area (Å²) in [6.07, 6.45) is 1.31. The second-order valence-electron chi connectivity index (χ2n) is 4.36. The summed E-state index contributed by atoms with van der Waals surface area (Å²) in [5, 5.41) is 2.48. The van der Waals surface area contributed by atoms with Gasteiger partial charge in [0.2, 0.25) is 10.0 Å². The highest BCUT2D eigenvalue weighted by Crippen LogP contribution is 2.17. The molecule has 0 radical (unpaired) electrons. The monoisotopic (exact) mass is 295 g/mol. The number of carbonyl (C=O) groups is 1. The average Bonchev–Trinajstić information content (AvgIpc) is 2.48. The molecule has 0 spiro atoms. The van der Waals surface area contributed by atoms with Crippen LogP contribution in [0.5, 0.6) is 0 Å². The Morgan fingerprint density at radius 1 is 1.15 bits per heavy atom. The summed E-state index contributed by atoms with van der Waals surface area (Å²) in [5.74, 6) is 0. The standard InChI is InChI=1S/C13H17N3O3S/c1-2-14-13(17)15-8-10-16(11-9-15)20(18,19)12-6-4-3-5-7-12/h2-7H,1,8-11H2,(H,14,17). The van der Waals surface area contributed by atoms with Crippen molar-refractivity contribution in [2.24, 2.45) is 0 Å². The van der Waals surface area contributed by atoms with Gasteiger partial charge in [0.1, 0.15) is 0 Å². The minimum Gasteiger partial charge on any atom is -0.322 e. The maximum Gasteiger partial charge on any atom is 0.321 e. The molecule has 6 nitrogen and oxygen atoms in total. The highest BCUT2D eigenvalue weighted by Gasteiger charge is 2.29. The molecule has 1 N–H and O–H groups in total. The van der Waals surface area contributed by atoms with Crippen LogP contribution in [-0.4, -0.2) is 49.8 Å². The van der Waals surface area contributed by atoms with E-state index in [0.717, 1.165) is 0 Å². The van der Waals surface area contributed by atoms with Crippen molar-refractivity contribution in [1.29, 1.82) is 0 Å². The molecule has 1 aliphatic rings. The van der Waals surface area contributed by atoms with Crippen molar-refractivity contribution in [3.8, 4) is 0 Å². The van der Waals surface area contributed by atoms with E-state index in [1.807, 2.05) is 0 Å². The van der Waals surface area contributed by atoms with Gasteiger partial charge in [-0.2, -0.15) is 4.31 Å². The van der Waals surface area contributed by atoms with Gasteiger partial charge in [-0.25, -0.2) is 13.2 Å². The zero-order valence-electron chi connectivity index (χ0n) is 11.0. The molecule has 0 aromatic heterocycles. The number of hydrogen-bond acceptors (Lipinski definition) is 3. The summed E-state index contributed by atoms with van der Waals surface area (Å²) >= 11 is 0. The highest BCUT2D eigenvalue weighted by molar-refractivity contribution is 7.89. The molecule has 1 aromatic carbocycles. The van der Waals surface area contributed by atoms with Crippen molar-refractivity contribution in [3.05, 3.63) is 43.1 Å². The molecule has 1 aliphatic heterocycles. The van der Waals surface area contributed by atoms with Crippen LogP contribution in [0, 0.1) is 0 Å². The molecule has 1 saturated heterocycles. The molecular weight excluding hydrogens is 278 g/mol. The lowest BCUT2D eigenvalue weighted by Gasteiger charge is -2.33. The number of rotatable bonds is 3. The molecule has 1 fully saturated rings. The number of nitrogens with one attached hydrogen (secondary N) is 1. The Kier molecular flexibility index (Phi) is 4.41. The third kappa shape index (κ3) is 3.00. The van der Waals surface area contributed by atoms with Crippen LogP contribution in [-0.2, 0) is 10.0 Å². The predicted molar refractivity (Wildman–Crippen MR) is 75.5 cm³/mol. The van der Waals surface area contributed by atoms with Crippen molar-refractivity contribution >= 4 is 16.1 Å². The predicted octanol–water partition coefficient (Wildman–Crippen LogP) is 0.846. The maximum absolute atomic E-state index is 12.4. The molecule has 0 bridgehead atoms. The van der Waals surface area contributed by atoms with Crippen LogP contribution in [0.1, 0.15) is 0 Å². The molecule has 0 atom stereocenters. The zero-order chi connectivity index (χ0) is 14.6. The Morgan fingerprint density at radius 3 is 2.30 bits per heavy atom. The zero-order valence-corrected chi connectivity index (χ0v) is 11.8. The first-order valence-electron chi connectivity index (χ1n) is 6.27. The molecule has 0 unspecified atom stereocenters. The molecule has 0 saturated carbocycles. The smallest absolute Gasteiger partial charge is 0.321 e. The van der Waals surface area contributed by atoms with E-state index in [1.165, 1.54) is 10.5 Å². The van der Waals surface area contributed by atoms with Crippen LogP contribution < -0.4 is 5.32 Å². The van der Waals surface area contributed by atoms with Crippen LogP contribution in [0.3, 0.4) is 0 Å². The Bertz CT molecular complexity index is 578. The van der Waals surface area contributed by atoms with Gasteiger partial charge in [0.05, 0.1) is 4.90 Å². The fourth-order valence-electron chi connectivity index (χ4n) is 2.05. The third-order valence-electron chi connectivity index (χ3n) is 3.13. The van der Waals surface area contributed by atoms with Crippen LogP contribution >= 0.6 is 0 Å². The van der Waals surface area contributed by atoms with Gasteiger partial charge in [0.15, 0.2) is 0 Å². The first-order chi connectivity index (χ1) is 9.55. The Balaban J connectivity index is 2.04. The fraction of sp³-hybridized carbons (Fsp3) is 0.308. The minimum atomic E-state index is -3.47. The summed E-state index contributed by atoms with van der Waals surface area (Å²) in [6, 6.07) is 8.06. The summed E-state index contributed by atoms with van der Waals surface area (Å²) in [4.78, 5) is 13.4. The lowest BCUT2D eigenvalue weighted by Crippen LogP contribution is -2.52.